The Kier molecular flexibility index (Phi) is 5.22. The van der Waals surface area contributed by atoms with Crippen LogP contribution in [-0.4, -0.2) is 25.0 Å². The van der Waals surface area contributed by atoms with E-state index in [1.54, 1.807) is 29.7 Å². The second-order valence-electron chi connectivity index (χ2n) is 5.79. The van der Waals surface area contributed by atoms with Gasteiger partial charge in [0.25, 0.3) is 0 Å². The zero-order chi connectivity index (χ0) is 18.7. The summed E-state index contributed by atoms with van der Waals surface area (Å²) in [5.74, 6) is -3.54. The fourth-order valence-electron chi connectivity index (χ4n) is 2.94. The van der Waals surface area contributed by atoms with Gasteiger partial charge >= 0.3 is 5.97 Å². The second-order valence-corrected chi connectivity index (χ2v) is 6.67. The van der Waals surface area contributed by atoms with Gasteiger partial charge in [0.1, 0.15) is 16.3 Å². The third-order valence-corrected chi connectivity index (χ3v) is 5.17. The molecule has 8 heteroatoms. The van der Waals surface area contributed by atoms with E-state index in [4.69, 9.17) is 9.15 Å². The summed E-state index contributed by atoms with van der Waals surface area (Å²) in [7, 11) is 1.25. The lowest BCUT2D eigenvalue weighted by atomic mass is 9.82. The van der Waals surface area contributed by atoms with E-state index >= 15 is 0 Å². The predicted octanol–water partition coefficient (Wildman–Crippen LogP) is 2.07. The van der Waals surface area contributed by atoms with Gasteiger partial charge in [-0.1, -0.05) is 12.2 Å². The van der Waals surface area contributed by atoms with Crippen molar-refractivity contribution in [3.05, 3.63) is 41.5 Å². The molecule has 3 rings (SSSR count). The second kappa shape index (κ2) is 7.57. The van der Waals surface area contributed by atoms with Gasteiger partial charge in [-0.25, -0.2) is 4.79 Å². The van der Waals surface area contributed by atoms with Crippen LogP contribution in [0.25, 0.3) is 11.3 Å². The Balaban J connectivity index is 1.90. The molecule has 2 atom stereocenters. The molecule has 2 aromatic rings. The van der Waals surface area contributed by atoms with Crippen LogP contribution < -0.4 is 10.4 Å². The van der Waals surface area contributed by atoms with Gasteiger partial charge in [-0.2, -0.15) is 0 Å². The Morgan fingerprint density at radius 2 is 2.00 bits per heavy atom. The van der Waals surface area contributed by atoms with E-state index in [0.717, 1.165) is 11.3 Å². The van der Waals surface area contributed by atoms with E-state index in [0.29, 0.717) is 22.7 Å². The summed E-state index contributed by atoms with van der Waals surface area (Å²) in [6.07, 6.45) is 5.52. The first-order valence-electron chi connectivity index (χ1n) is 7.93. The third-order valence-electron chi connectivity index (χ3n) is 4.28. The highest BCUT2D eigenvalue weighted by Crippen LogP contribution is 2.37. The number of ether oxygens (including phenoxy) is 1. The molecule has 7 nitrogen and oxygen atoms in total. The molecule has 1 amide bonds. The number of thiophene rings is 1. The number of carbonyl (C=O) groups excluding carboxylic acids is 3. The van der Waals surface area contributed by atoms with Crippen LogP contribution in [0.4, 0.5) is 5.00 Å². The van der Waals surface area contributed by atoms with Gasteiger partial charge in [0.05, 0.1) is 19.3 Å². The lowest BCUT2D eigenvalue weighted by Gasteiger charge is -2.28. The molecule has 2 heterocycles. The zero-order valence-corrected chi connectivity index (χ0v) is 14.7. The van der Waals surface area contributed by atoms with Crippen LogP contribution in [-0.2, 0) is 14.3 Å². The molecule has 0 aromatic carbocycles. The predicted molar refractivity (Wildman–Crippen MR) is 92.4 cm³/mol. The summed E-state index contributed by atoms with van der Waals surface area (Å²) < 4.78 is 10.1. The minimum atomic E-state index is -1.26. The molecule has 0 bridgehead atoms. The molecule has 0 spiro atoms. The quantitative estimate of drug-likeness (QED) is 0.634. The lowest BCUT2D eigenvalue weighted by Crippen LogP contribution is -2.41. The summed E-state index contributed by atoms with van der Waals surface area (Å²) in [5, 5.41) is 15.9. The smallest absolute Gasteiger partial charge is 0.341 e. The molecular formula is C18H16NO6S-. The highest BCUT2D eigenvalue weighted by molar-refractivity contribution is 7.15. The van der Waals surface area contributed by atoms with Crippen molar-refractivity contribution >= 4 is 34.2 Å². The third kappa shape index (κ3) is 3.41. The molecule has 0 fully saturated rings. The maximum atomic E-state index is 12.6. The van der Waals surface area contributed by atoms with Crippen molar-refractivity contribution in [3.63, 3.8) is 0 Å². The van der Waals surface area contributed by atoms with Crippen LogP contribution in [0.1, 0.15) is 23.2 Å². The fraction of sp³-hybridized carbons (Fsp3) is 0.278. The number of anilines is 1. The number of methoxy groups -OCH3 is 1. The number of carboxylic acid groups (broad SMARTS) is 1. The summed E-state index contributed by atoms with van der Waals surface area (Å²) in [6, 6.07) is 3.38. The van der Waals surface area contributed by atoms with Crippen molar-refractivity contribution in [2.45, 2.75) is 12.8 Å². The number of furan rings is 1. The van der Waals surface area contributed by atoms with Crippen molar-refractivity contribution in [2.75, 3.05) is 12.4 Å². The molecule has 0 aliphatic heterocycles. The highest BCUT2D eigenvalue weighted by Gasteiger charge is 2.31. The number of nitrogens with one attached hydrogen (secondary N) is 1. The Morgan fingerprint density at radius 3 is 2.62 bits per heavy atom. The van der Waals surface area contributed by atoms with E-state index in [-0.39, 0.29) is 12.0 Å². The number of carbonyl (C=O) groups is 3. The number of carboxylic acids is 1. The van der Waals surface area contributed by atoms with E-state index < -0.39 is 29.7 Å². The van der Waals surface area contributed by atoms with E-state index in [1.807, 2.05) is 0 Å². The average Bonchev–Trinajstić information content (AvgIpc) is 3.30. The van der Waals surface area contributed by atoms with Crippen molar-refractivity contribution in [1.82, 2.24) is 0 Å². The van der Waals surface area contributed by atoms with Crippen molar-refractivity contribution in [3.8, 4) is 11.3 Å². The maximum absolute atomic E-state index is 12.6. The number of hydrogen-bond acceptors (Lipinski definition) is 7. The van der Waals surface area contributed by atoms with Gasteiger partial charge in [-0.15, -0.1) is 11.3 Å². The Bertz CT molecular complexity index is 851. The van der Waals surface area contributed by atoms with E-state index in [2.05, 4.69) is 5.32 Å². The van der Waals surface area contributed by atoms with Gasteiger partial charge in [0.15, 0.2) is 0 Å². The highest BCUT2D eigenvalue weighted by atomic mass is 32.1. The van der Waals surface area contributed by atoms with Crippen molar-refractivity contribution in [1.29, 1.82) is 0 Å². The SMILES string of the molecule is COC(=O)c1c(-c2ccco2)csc1NC(=O)[C@@H]1CC=CC[C@H]1C(=O)[O-]. The summed E-state index contributed by atoms with van der Waals surface area (Å²) >= 11 is 1.15. The topological polar surface area (TPSA) is 109 Å². The number of hydrogen-bond donors (Lipinski definition) is 1. The number of aliphatic carboxylic acids is 1. The molecular weight excluding hydrogens is 358 g/mol. The summed E-state index contributed by atoms with van der Waals surface area (Å²) in [5.41, 5.74) is 0.680. The van der Waals surface area contributed by atoms with Crippen LogP contribution in [0.3, 0.4) is 0 Å². The molecule has 1 aliphatic carbocycles. The Labute approximate surface area is 153 Å². The average molecular weight is 374 g/mol. The van der Waals surface area contributed by atoms with Crippen LogP contribution in [0.2, 0.25) is 0 Å². The Morgan fingerprint density at radius 1 is 1.27 bits per heavy atom. The van der Waals surface area contributed by atoms with Crippen LogP contribution in [0.5, 0.6) is 0 Å². The molecule has 26 heavy (non-hydrogen) atoms. The fourth-order valence-corrected chi connectivity index (χ4v) is 3.88. The van der Waals surface area contributed by atoms with E-state index in [9.17, 15) is 19.5 Å². The molecule has 0 saturated carbocycles. The van der Waals surface area contributed by atoms with E-state index in [1.165, 1.54) is 13.4 Å². The molecule has 1 N–H and O–H groups in total. The zero-order valence-electron chi connectivity index (χ0n) is 13.9. The first-order chi connectivity index (χ1) is 12.5. The van der Waals surface area contributed by atoms with Crippen LogP contribution in [0, 0.1) is 11.8 Å². The number of allylic oxidation sites excluding steroid dienone is 2. The van der Waals surface area contributed by atoms with Crippen molar-refractivity contribution in [2.24, 2.45) is 11.8 Å². The maximum Gasteiger partial charge on any atom is 0.341 e. The molecule has 136 valence electrons. The first kappa shape index (κ1) is 17.9. The number of amides is 1. The van der Waals surface area contributed by atoms with Gasteiger partial charge in [-0.05, 0) is 25.0 Å². The molecule has 0 saturated heterocycles. The summed E-state index contributed by atoms with van der Waals surface area (Å²) in [6.45, 7) is 0. The van der Waals surface area contributed by atoms with Gasteiger partial charge in [0, 0.05) is 22.8 Å². The molecule has 0 radical (unpaired) electrons. The summed E-state index contributed by atoms with van der Waals surface area (Å²) in [4.78, 5) is 36.1. The lowest BCUT2D eigenvalue weighted by molar-refractivity contribution is -0.313. The Hall–Kier alpha value is -2.87. The monoisotopic (exact) mass is 374 g/mol. The number of esters is 1. The molecule has 1 aliphatic rings. The molecule has 0 unspecified atom stereocenters. The standard InChI is InChI=1S/C18H17NO6S/c1-24-18(23)14-12(13-7-4-8-25-13)9-26-16(14)19-15(20)10-5-2-3-6-11(10)17(21)22/h2-4,7-11H,5-6H2,1H3,(H,19,20)(H,21,22)/p-1/t10-,11-/m1/s1. The molecule has 2 aromatic heterocycles. The first-order valence-corrected chi connectivity index (χ1v) is 8.81. The van der Waals surface area contributed by atoms with Crippen LogP contribution in [0.15, 0.2) is 40.3 Å². The van der Waals surface area contributed by atoms with Crippen molar-refractivity contribution < 1.29 is 28.6 Å². The minimum absolute atomic E-state index is 0.178. The largest absolute Gasteiger partial charge is 0.550 e. The van der Waals surface area contributed by atoms with Gasteiger partial charge < -0.3 is 24.4 Å². The van der Waals surface area contributed by atoms with Gasteiger partial charge in [0.2, 0.25) is 5.91 Å². The van der Waals surface area contributed by atoms with Gasteiger partial charge in [-0.3, -0.25) is 4.79 Å². The minimum Gasteiger partial charge on any atom is -0.550 e. The normalized spacial score (nSPS) is 19.1. The number of rotatable bonds is 5. The van der Waals surface area contributed by atoms with Crippen LogP contribution >= 0.6 is 11.3 Å².